The number of rotatable bonds is 6. The fourth-order valence-corrected chi connectivity index (χ4v) is 1.93. The van der Waals surface area contributed by atoms with Gasteiger partial charge >= 0.3 is 0 Å². The average Bonchev–Trinajstić information content (AvgIpc) is 2.48. The molecule has 0 unspecified atom stereocenters. The first-order chi connectivity index (χ1) is 10.1. The molecule has 0 saturated carbocycles. The molecular formula is C15H22N6. The number of hydrogen-bond donors (Lipinski definition) is 2. The van der Waals surface area contributed by atoms with Crippen LogP contribution in [0.2, 0.25) is 0 Å². The Morgan fingerprint density at radius 2 is 1.71 bits per heavy atom. The lowest BCUT2D eigenvalue weighted by molar-refractivity contribution is 0.952. The Kier molecular flexibility index (Phi) is 4.92. The maximum Gasteiger partial charge on any atom is 0.233 e. The van der Waals surface area contributed by atoms with E-state index in [-0.39, 0.29) is 0 Å². The Morgan fingerprint density at radius 3 is 2.38 bits per heavy atom. The SMILES string of the molecule is CCNc1nc(Nc2ccccc2CC)nc(N(C)C)n1. The summed E-state index contributed by atoms with van der Waals surface area (Å²) < 4.78 is 0. The zero-order chi connectivity index (χ0) is 15.2. The summed E-state index contributed by atoms with van der Waals surface area (Å²) >= 11 is 0. The topological polar surface area (TPSA) is 66.0 Å². The monoisotopic (exact) mass is 286 g/mol. The molecule has 1 aromatic heterocycles. The third-order valence-electron chi connectivity index (χ3n) is 3.00. The van der Waals surface area contributed by atoms with Gasteiger partial charge in [-0.2, -0.15) is 15.0 Å². The number of anilines is 4. The molecule has 6 nitrogen and oxygen atoms in total. The Balaban J connectivity index is 2.34. The minimum atomic E-state index is 0.547. The van der Waals surface area contributed by atoms with Crippen molar-refractivity contribution >= 4 is 23.5 Å². The van der Waals surface area contributed by atoms with Gasteiger partial charge in [-0.1, -0.05) is 25.1 Å². The van der Waals surface area contributed by atoms with Crippen LogP contribution in [-0.4, -0.2) is 35.6 Å². The molecule has 2 rings (SSSR count). The van der Waals surface area contributed by atoms with Crippen LogP contribution < -0.4 is 15.5 Å². The Morgan fingerprint density at radius 1 is 1.00 bits per heavy atom. The van der Waals surface area contributed by atoms with E-state index in [1.54, 1.807) is 0 Å². The fourth-order valence-electron chi connectivity index (χ4n) is 1.93. The normalized spacial score (nSPS) is 10.3. The van der Waals surface area contributed by atoms with E-state index in [2.05, 4.69) is 38.6 Å². The zero-order valence-corrected chi connectivity index (χ0v) is 13.0. The van der Waals surface area contributed by atoms with E-state index in [0.29, 0.717) is 17.8 Å². The molecule has 2 N–H and O–H groups in total. The summed E-state index contributed by atoms with van der Waals surface area (Å²) in [6, 6.07) is 8.17. The Hall–Kier alpha value is -2.37. The van der Waals surface area contributed by atoms with Crippen LogP contribution in [0.25, 0.3) is 0 Å². The molecule has 0 spiro atoms. The van der Waals surface area contributed by atoms with Gasteiger partial charge in [-0.25, -0.2) is 0 Å². The van der Waals surface area contributed by atoms with E-state index in [0.717, 1.165) is 18.7 Å². The van der Waals surface area contributed by atoms with E-state index in [1.165, 1.54) is 5.56 Å². The van der Waals surface area contributed by atoms with E-state index >= 15 is 0 Å². The summed E-state index contributed by atoms with van der Waals surface area (Å²) in [6.07, 6.45) is 0.953. The molecular weight excluding hydrogens is 264 g/mol. The first-order valence-electron chi connectivity index (χ1n) is 7.16. The van der Waals surface area contributed by atoms with E-state index in [4.69, 9.17) is 0 Å². The number of hydrogen-bond acceptors (Lipinski definition) is 6. The summed E-state index contributed by atoms with van der Waals surface area (Å²) in [5.74, 6) is 1.75. The van der Waals surface area contributed by atoms with Gasteiger partial charge in [-0.15, -0.1) is 0 Å². The number of aryl methyl sites for hydroxylation is 1. The van der Waals surface area contributed by atoms with Crippen LogP contribution in [0, 0.1) is 0 Å². The summed E-state index contributed by atoms with van der Waals surface area (Å²) in [5.41, 5.74) is 2.26. The highest BCUT2D eigenvalue weighted by Gasteiger charge is 2.09. The van der Waals surface area contributed by atoms with Crippen molar-refractivity contribution in [3.63, 3.8) is 0 Å². The van der Waals surface area contributed by atoms with Crippen molar-refractivity contribution < 1.29 is 0 Å². The van der Waals surface area contributed by atoms with Crippen molar-refractivity contribution in [3.8, 4) is 0 Å². The van der Waals surface area contributed by atoms with Crippen LogP contribution in [0.3, 0.4) is 0 Å². The van der Waals surface area contributed by atoms with Crippen molar-refractivity contribution in [1.82, 2.24) is 15.0 Å². The van der Waals surface area contributed by atoms with Gasteiger partial charge in [-0.05, 0) is 25.0 Å². The van der Waals surface area contributed by atoms with Crippen molar-refractivity contribution in [1.29, 1.82) is 0 Å². The summed E-state index contributed by atoms with van der Waals surface area (Å²) in [5, 5.41) is 6.42. The lowest BCUT2D eigenvalue weighted by Crippen LogP contribution is -2.16. The highest BCUT2D eigenvalue weighted by molar-refractivity contribution is 5.60. The number of aromatic nitrogens is 3. The van der Waals surface area contributed by atoms with Crippen molar-refractivity contribution in [2.75, 3.05) is 36.2 Å². The summed E-state index contributed by atoms with van der Waals surface area (Å²) in [6.45, 7) is 4.91. The van der Waals surface area contributed by atoms with E-state index < -0.39 is 0 Å². The van der Waals surface area contributed by atoms with Gasteiger partial charge in [0.05, 0.1) is 0 Å². The molecule has 21 heavy (non-hydrogen) atoms. The summed E-state index contributed by atoms with van der Waals surface area (Å²) in [4.78, 5) is 15.1. The van der Waals surface area contributed by atoms with Crippen molar-refractivity contribution in [3.05, 3.63) is 29.8 Å². The molecule has 1 heterocycles. The predicted octanol–water partition coefficient (Wildman–Crippen LogP) is 2.68. The van der Waals surface area contributed by atoms with Gasteiger partial charge in [0, 0.05) is 26.3 Å². The number of para-hydroxylation sites is 1. The minimum Gasteiger partial charge on any atom is -0.354 e. The second-order valence-electron chi connectivity index (χ2n) is 4.84. The molecule has 0 fully saturated rings. The molecule has 0 bridgehead atoms. The molecule has 0 aliphatic heterocycles. The smallest absolute Gasteiger partial charge is 0.233 e. The minimum absolute atomic E-state index is 0.547. The first kappa shape index (κ1) is 15.0. The van der Waals surface area contributed by atoms with Crippen molar-refractivity contribution in [2.24, 2.45) is 0 Å². The number of nitrogens with one attached hydrogen (secondary N) is 2. The van der Waals surface area contributed by atoms with Crippen molar-refractivity contribution in [2.45, 2.75) is 20.3 Å². The van der Waals surface area contributed by atoms with Gasteiger partial charge in [-0.3, -0.25) is 0 Å². The van der Waals surface area contributed by atoms with Crippen LogP contribution >= 0.6 is 0 Å². The largest absolute Gasteiger partial charge is 0.354 e. The van der Waals surface area contributed by atoms with Crippen LogP contribution in [0.5, 0.6) is 0 Å². The molecule has 6 heteroatoms. The first-order valence-corrected chi connectivity index (χ1v) is 7.16. The van der Waals surface area contributed by atoms with Gasteiger partial charge in [0.25, 0.3) is 0 Å². The van der Waals surface area contributed by atoms with Gasteiger partial charge in [0.15, 0.2) is 0 Å². The lowest BCUT2D eigenvalue weighted by atomic mass is 10.1. The molecule has 0 saturated heterocycles. The highest BCUT2D eigenvalue weighted by atomic mass is 15.3. The molecule has 0 aliphatic rings. The van der Waals surface area contributed by atoms with Crippen LogP contribution in [0.1, 0.15) is 19.4 Å². The number of nitrogens with zero attached hydrogens (tertiary/aromatic N) is 4. The van der Waals surface area contributed by atoms with Gasteiger partial charge in [0.1, 0.15) is 0 Å². The Labute approximate surface area is 125 Å². The second kappa shape index (κ2) is 6.88. The zero-order valence-electron chi connectivity index (χ0n) is 13.0. The lowest BCUT2D eigenvalue weighted by Gasteiger charge is -2.15. The standard InChI is InChI=1S/C15H22N6/c1-5-11-9-7-8-10-12(11)17-14-18-13(16-6-2)19-15(20-14)21(3)4/h7-10H,5-6H2,1-4H3,(H2,16,17,18,19,20). The third-order valence-corrected chi connectivity index (χ3v) is 3.00. The number of benzene rings is 1. The van der Waals surface area contributed by atoms with Gasteiger partial charge < -0.3 is 15.5 Å². The average molecular weight is 286 g/mol. The van der Waals surface area contributed by atoms with Crippen LogP contribution in [0.4, 0.5) is 23.5 Å². The highest BCUT2D eigenvalue weighted by Crippen LogP contribution is 2.20. The van der Waals surface area contributed by atoms with E-state index in [9.17, 15) is 0 Å². The van der Waals surface area contributed by atoms with E-state index in [1.807, 2.05) is 44.1 Å². The van der Waals surface area contributed by atoms with Crippen LogP contribution in [-0.2, 0) is 6.42 Å². The molecule has 0 aliphatic carbocycles. The molecule has 0 radical (unpaired) electrons. The third kappa shape index (κ3) is 3.81. The molecule has 112 valence electrons. The molecule has 1 aromatic carbocycles. The second-order valence-corrected chi connectivity index (χ2v) is 4.84. The fraction of sp³-hybridized carbons (Fsp3) is 0.400. The maximum atomic E-state index is 4.44. The van der Waals surface area contributed by atoms with Gasteiger partial charge in [0.2, 0.25) is 17.8 Å². The van der Waals surface area contributed by atoms with Crippen LogP contribution in [0.15, 0.2) is 24.3 Å². The molecule has 0 atom stereocenters. The summed E-state index contributed by atoms with van der Waals surface area (Å²) in [7, 11) is 3.82. The molecule has 0 amide bonds. The maximum absolute atomic E-state index is 4.44. The Bertz CT molecular complexity index is 596. The predicted molar refractivity (Wildman–Crippen MR) is 87.4 cm³/mol. The molecule has 2 aromatic rings. The quantitative estimate of drug-likeness (QED) is 0.851.